The Morgan fingerprint density at radius 2 is 1.38 bits per heavy atom. The van der Waals surface area contributed by atoms with Crippen molar-refractivity contribution in [3.05, 3.63) is 101 Å². The molecule has 0 bridgehead atoms. The monoisotopic (exact) mass is 347 g/mol. The fourth-order valence-electron chi connectivity index (χ4n) is 2.84. The van der Waals surface area contributed by atoms with E-state index in [1.165, 1.54) is 17.7 Å². The number of hydrogen-bond acceptors (Lipinski definition) is 2. The van der Waals surface area contributed by atoms with Crippen LogP contribution in [0.25, 0.3) is 0 Å². The van der Waals surface area contributed by atoms with Gasteiger partial charge < -0.3 is 5.32 Å². The molecule has 0 spiro atoms. The van der Waals surface area contributed by atoms with Crippen LogP contribution in [-0.4, -0.2) is 5.78 Å². The maximum absolute atomic E-state index is 13.2. The van der Waals surface area contributed by atoms with E-state index in [9.17, 15) is 9.18 Å². The van der Waals surface area contributed by atoms with E-state index in [2.05, 4.69) is 5.32 Å². The molecule has 0 aliphatic rings. The van der Waals surface area contributed by atoms with Gasteiger partial charge >= 0.3 is 0 Å². The number of carbonyl (C=O) groups excluding carboxylic acids is 1. The number of carbonyl (C=O) groups is 1. The lowest BCUT2D eigenvalue weighted by molar-refractivity contribution is 0.0976. The Morgan fingerprint density at radius 3 is 1.96 bits per heavy atom. The van der Waals surface area contributed by atoms with Crippen LogP contribution in [0.5, 0.6) is 0 Å². The van der Waals surface area contributed by atoms with Gasteiger partial charge in [-0.15, -0.1) is 0 Å². The number of rotatable bonds is 6. The van der Waals surface area contributed by atoms with E-state index in [4.69, 9.17) is 0 Å². The molecule has 1 N–H and O–H groups in total. The van der Waals surface area contributed by atoms with Gasteiger partial charge in [-0.2, -0.15) is 0 Å². The van der Waals surface area contributed by atoms with Crippen molar-refractivity contribution >= 4 is 11.5 Å². The molecule has 3 aromatic rings. The first-order chi connectivity index (χ1) is 12.5. The maximum atomic E-state index is 13.2. The summed E-state index contributed by atoms with van der Waals surface area (Å²) in [6.45, 7) is 4.03. The molecule has 0 heterocycles. The average Bonchev–Trinajstić information content (AvgIpc) is 2.64. The van der Waals surface area contributed by atoms with E-state index < -0.39 is 0 Å². The third-order valence-corrected chi connectivity index (χ3v) is 4.43. The number of benzene rings is 3. The van der Waals surface area contributed by atoms with Crippen LogP contribution in [0.3, 0.4) is 0 Å². The molecule has 0 saturated carbocycles. The summed E-state index contributed by atoms with van der Waals surface area (Å²) in [7, 11) is 0. The number of anilines is 1. The van der Waals surface area contributed by atoms with Gasteiger partial charge in [-0.3, -0.25) is 4.79 Å². The molecule has 0 saturated heterocycles. The van der Waals surface area contributed by atoms with Crippen molar-refractivity contribution in [1.29, 1.82) is 0 Å². The smallest absolute Gasteiger partial charge is 0.165 e. The lowest BCUT2D eigenvalue weighted by atomic mass is 9.96. The third kappa shape index (κ3) is 4.57. The van der Waals surface area contributed by atoms with E-state index in [1.807, 2.05) is 62.4 Å². The van der Waals surface area contributed by atoms with Crippen LogP contribution in [-0.2, 0) is 0 Å². The molecule has 26 heavy (non-hydrogen) atoms. The molecule has 3 aromatic carbocycles. The van der Waals surface area contributed by atoms with Gasteiger partial charge in [0, 0.05) is 17.7 Å². The van der Waals surface area contributed by atoms with E-state index in [0.29, 0.717) is 12.0 Å². The van der Waals surface area contributed by atoms with Crippen LogP contribution in [0.2, 0.25) is 0 Å². The highest BCUT2D eigenvalue weighted by atomic mass is 19.1. The summed E-state index contributed by atoms with van der Waals surface area (Å²) < 4.78 is 13.2. The molecule has 0 aliphatic carbocycles. The topological polar surface area (TPSA) is 29.1 Å². The van der Waals surface area contributed by atoms with Gasteiger partial charge in [-0.1, -0.05) is 59.7 Å². The Kier molecular flexibility index (Phi) is 5.47. The van der Waals surface area contributed by atoms with Crippen LogP contribution in [0.4, 0.5) is 10.1 Å². The molecule has 3 rings (SSSR count). The molecule has 0 amide bonds. The van der Waals surface area contributed by atoms with E-state index in [1.54, 1.807) is 12.1 Å². The molecule has 0 radical (unpaired) electrons. The summed E-state index contributed by atoms with van der Waals surface area (Å²) in [6, 6.07) is 21.8. The minimum absolute atomic E-state index is 0.0742. The highest BCUT2D eigenvalue weighted by Gasteiger charge is 2.17. The second-order valence-electron chi connectivity index (χ2n) is 6.61. The zero-order valence-electron chi connectivity index (χ0n) is 15.0. The fourth-order valence-corrected chi connectivity index (χ4v) is 2.84. The van der Waals surface area contributed by atoms with Crippen LogP contribution >= 0.6 is 0 Å². The molecular formula is C23H22FNO. The Hall–Kier alpha value is -2.94. The summed E-state index contributed by atoms with van der Waals surface area (Å²) in [6.07, 6.45) is 0.323. The molecule has 1 atom stereocenters. The highest BCUT2D eigenvalue weighted by molar-refractivity contribution is 5.96. The average molecular weight is 347 g/mol. The summed E-state index contributed by atoms with van der Waals surface area (Å²) in [5, 5.41) is 3.37. The molecule has 2 nitrogen and oxygen atoms in total. The first-order valence-corrected chi connectivity index (χ1v) is 8.70. The molecule has 0 fully saturated rings. The van der Waals surface area contributed by atoms with Crippen molar-refractivity contribution in [2.24, 2.45) is 0 Å². The Balaban J connectivity index is 1.84. The number of nitrogens with one attached hydrogen (secondary N) is 1. The molecule has 0 aliphatic heterocycles. The lowest BCUT2D eigenvalue weighted by Crippen LogP contribution is -2.16. The molecule has 1 unspecified atom stereocenters. The molecule has 3 heteroatoms. The molecule has 0 aromatic heterocycles. The largest absolute Gasteiger partial charge is 0.378 e. The van der Waals surface area contributed by atoms with E-state index in [-0.39, 0.29) is 17.6 Å². The van der Waals surface area contributed by atoms with Crippen LogP contribution in [0.1, 0.15) is 39.5 Å². The predicted octanol–water partition coefficient (Wildman–Crippen LogP) is 5.87. The second kappa shape index (κ2) is 7.96. The summed E-state index contributed by atoms with van der Waals surface area (Å²) in [5.74, 6) is -0.205. The Morgan fingerprint density at radius 1 is 0.846 bits per heavy atom. The van der Waals surface area contributed by atoms with Crippen molar-refractivity contribution in [3.63, 3.8) is 0 Å². The second-order valence-corrected chi connectivity index (χ2v) is 6.61. The highest BCUT2D eigenvalue weighted by Crippen LogP contribution is 2.25. The lowest BCUT2D eigenvalue weighted by Gasteiger charge is -2.20. The van der Waals surface area contributed by atoms with Gasteiger partial charge in [-0.05, 0) is 43.7 Å². The van der Waals surface area contributed by atoms with Crippen molar-refractivity contribution < 1.29 is 9.18 Å². The van der Waals surface area contributed by atoms with E-state index in [0.717, 1.165) is 16.8 Å². The number of hydrogen-bond donors (Lipinski definition) is 1. The van der Waals surface area contributed by atoms with Gasteiger partial charge in [0.2, 0.25) is 0 Å². The Bertz CT molecular complexity index is 868. The zero-order valence-corrected chi connectivity index (χ0v) is 15.0. The summed E-state index contributed by atoms with van der Waals surface area (Å²) >= 11 is 0. The number of ketones is 1. The minimum atomic E-state index is -0.279. The summed E-state index contributed by atoms with van der Waals surface area (Å²) in [4.78, 5) is 12.8. The minimum Gasteiger partial charge on any atom is -0.378 e. The normalized spacial score (nSPS) is 11.8. The van der Waals surface area contributed by atoms with Gasteiger partial charge in [-0.25, -0.2) is 4.39 Å². The van der Waals surface area contributed by atoms with Gasteiger partial charge in [0.05, 0.1) is 6.04 Å². The van der Waals surface area contributed by atoms with Gasteiger partial charge in [0.15, 0.2) is 5.78 Å². The SMILES string of the molecule is Cc1ccc(C(=O)CC(Nc2ccc(F)cc2)c2ccc(C)cc2)cc1. The summed E-state index contributed by atoms with van der Waals surface area (Å²) in [5.41, 5.74) is 4.81. The van der Waals surface area contributed by atoms with Crippen LogP contribution < -0.4 is 5.32 Å². The third-order valence-electron chi connectivity index (χ3n) is 4.43. The molecule has 132 valence electrons. The number of halogens is 1. The van der Waals surface area contributed by atoms with Gasteiger partial charge in [0.25, 0.3) is 0 Å². The van der Waals surface area contributed by atoms with E-state index >= 15 is 0 Å². The van der Waals surface area contributed by atoms with Crippen molar-refractivity contribution in [3.8, 4) is 0 Å². The standard InChI is InChI=1S/C23H22FNO/c1-16-3-7-18(8-4-16)22(25-21-13-11-20(24)12-14-21)15-23(26)19-9-5-17(2)6-10-19/h3-14,22,25H,15H2,1-2H3. The number of aryl methyl sites for hydroxylation is 2. The predicted molar refractivity (Wildman–Crippen MR) is 104 cm³/mol. The zero-order chi connectivity index (χ0) is 18.5. The quantitative estimate of drug-likeness (QED) is 0.565. The van der Waals surface area contributed by atoms with Crippen molar-refractivity contribution in [1.82, 2.24) is 0 Å². The fraction of sp³-hybridized carbons (Fsp3) is 0.174. The Labute approximate surface area is 153 Å². The van der Waals surface area contributed by atoms with Gasteiger partial charge in [0.1, 0.15) is 5.82 Å². The maximum Gasteiger partial charge on any atom is 0.165 e. The van der Waals surface area contributed by atoms with Crippen molar-refractivity contribution in [2.75, 3.05) is 5.32 Å². The van der Waals surface area contributed by atoms with Crippen LogP contribution in [0.15, 0.2) is 72.8 Å². The molecular weight excluding hydrogens is 325 g/mol. The van der Waals surface area contributed by atoms with Crippen LogP contribution in [0, 0.1) is 19.7 Å². The first-order valence-electron chi connectivity index (χ1n) is 8.70. The van der Waals surface area contributed by atoms with Crippen molar-refractivity contribution in [2.45, 2.75) is 26.3 Å². The number of Topliss-reactive ketones (excluding diaryl/α,β-unsaturated/α-hetero) is 1. The first kappa shape index (κ1) is 17.9.